The number of amides is 1. The number of carbonyl (C=O) groups excluding carboxylic acids is 1. The molecule has 0 radical (unpaired) electrons. The van der Waals surface area contributed by atoms with Gasteiger partial charge in [0.1, 0.15) is 0 Å². The van der Waals surface area contributed by atoms with Crippen LogP contribution in [0.1, 0.15) is 12.8 Å². The van der Waals surface area contributed by atoms with Gasteiger partial charge < -0.3 is 9.87 Å². The smallest absolute Gasteiger partial charge is 0.748 e. The van der Waals surface area contributed by atoms with Crippen molar-refractivity contribution in [1.29, 1.82) is 0 Å². The molecule has 5 nitrogen and oxygen atoms in total. The molecule has 0 fully saturated rings. The fraction of sp³-hybridized carbons (Fsp3) is 0.800. The third kappa shape index (κ3) is 10.4. The van der Waals surface area contributed by atoms with Crippen molar-refractivity contribution in [2.24, 2.45) is 0 Å². The monoisotopic (exact) mass is 203 g/mol. The summed E-state index contributed by atoms with van der Waals surface area (Å²) in [6.07, 6.45) is 0.170. The second-order valence-corrected chi connectivity index (χ2v) is 3.56. The van der Waals surface area contributed by atoms with Gasteiger partial charge in [-0.15, -0.1) is 0 Å². The molecular formula is C5H10NNaO4S. The second-order valence-electron chi connectivity index (χ2n) is 2.04. The van der Waals surface area contributed by atoms with Crippen LogP contribution in [0.2, 0.25) is 0 Å². The quantitative estimate of drug-likeness (QED) is 0.373. The minimum atomic E-state index is -4.16. The molecule has 0 aromatic heterocycles. The summed E-state index contributed by atoms with van der Waals surface area (Å²) in [7, 11) is -2.71. The maximum Gasteiger partial charge on any atom is 1.00 e. The van der Waals surface area contributed by atoms with Crippen molar-refractivity contribution in [1.82, 2.24) is 5.32 Å². The van der Waals surface area contributed by atoms with Gasteiger partial charge in [0.15, 0.2) is 0 Å². The molecule has 0 aromatic carbocycles. The first-order valence-electron chi connectivity index (χ1n) is 3.10. The Hall–Kier alpha value is 0.380. The van der Waals surface area contributed by atoms with E-state index in [0.29, 0.717) is 0 Å². The van der Waals surface area contributed by atoms with Gasteiger partial charge in [-0.05, 0) is 6.42 Å². The minimum absolute atomic E-state index is 0. The zero-order valence-corrected chi connectivity index (χ0v) is 9.98. The van der Waals surface area contributed by atoms with Gasteiger partial charge in [0.2, 0.25) is 5.91 Å². The predicted octanol–water partition coefficient (Wildman–Crippen LogP) is -3.94. The summed E-state index contributed by atoms with van der Waals surface area (Å²) in [4.78, 5) is 10.5. The van der Waals surface area contributed by atoms with Crippen molar-refractivity contribution in [2.75, 3.05) is 12.8 Å². The molecule has 1 amide bonds. The average molecular weight is 203 g/mol. The molecule has 1 N–H and O–H groups in total. The molecule has 0 heterocycles. The molecule has 0 aliphatic rings. The molecule has 0 atom stereocenters. The molecule has 0 aromatic rings. The van der Waals surface area contributed by atoms with Gasteiger partial charge in [0.25, 0.3) is 0 Å². The van der Waals surface area contributed by atoms with Crippen LogP contribution in [-0.4, -0.2) is 31.7 Å². The first kappa shape index (κ1) is 14.9. The van der Waals surface area contributed by atoms with Crippen molar-refractivity contribution < 1.29 is 47.3 Å². The second kappa shape index (κ2) is 6.85. The van der Waals surface area contributed by atoms with Crippen molar-refractivity contribution in [2.45, 2.75) is 12.8 Å². The van der Waals surface area contributed by atoms with E-state index in [2.05, 4.69) is 5.32 Å². The van der Waals surface area contributed by atoms with Gasteiger partial charge >= 0.3 is 29.6 Å². The van der Waals surface area contributed by atoms with E-state index in [1.165, 1.54) is 7.05 Å². The van der Waals surface area contributed by atoms with Crippen molar-refractivity contribution >= 4 is 16.0 Å². The summed E-state index contributed by atoms with van der Waals surface area (Å²) in [5.74, 6) is -0.728. The molecule has 66 valence electrons. The molecule has 0 bridgehead atoms. The molecule has 0 unspecified atom stereocenters. The molecule has 0 spiro atoms. The van der Waals surface area contributed by atoms with Crippen LogP contribution in [0.15, 0.2) is 0 Å². The van der Waals surface area contributed by atoms with Gasteiger partial charge in [-0.3, -0.25) is 4.79 Å². The number of nitrogens with one attached hydrogen (secondary N) is 1. The first-order chi connectivity index (χ1) is 4.95. The summed E-state index contributed by atoms with van der Waals surface area (Å²) in [5.41, 5.74) is 0. The van der Waals surface area contributed by atoms with Gasteiger partial charge in [-0.1, -0.05) is 0 Å². The fourth-order valence-electron chi connectivity index (χ4n) is 0.535. The molecule has 0 rings (SSSR count). The largest absolute Gasteiger partial charge is 1.00 e. The molecule has 0 saturated carbocycles. The van der Waals surface area contributed by atoms with Gasteiger partial charge in [0, 0.05) is 19.2 Å². The number of hydrogen-bond donors (Lipinski definition) is 1. The Morgan fingerprint density at radius 2 is 2.00 bits per heavy atom. The van der Waals surface area contributed by atoms with Crippen molar-refractivity contribution in [3.05, 3.63) is 0 Å². The summed E-state index contributed by atoms with van der Waals surface area (Å²) >= 11 is 0. The molecule has 0 aliphatic carbocycles. The average Bonchev–Trinajstić information content (AvgIpc) is 1.85. The summed E-state index contributed by atoms with van der Waals surface area (Å²) in [5, 5.41) is 2.32. The van der Waals surface area contributed by atoms with Gasteiger partial charge in [-0.25, -0.2) is 8.42 Å². The topological polar surface area (TPSA) is 86.3 Å². The molecule has 7 heteroatoms. The summed E-state index contributed by atoms with van der Waals surface area (Å²) < 4.78 is 30.0. The Morgan fingerprint density at radius 1 is 1.50 bits per heavy atom. The maximum absolute atomic E-state index is 10.5. The normalized spacial score (nSPS) is 10.2. The van der Waals surface area contributed by atoms with E-state index in [4.69, 9.17) is 0 Å². The van der Waals surface area contributed by atoms with Crippen LogP contribution >= 0.6 is 0 Å². The number of hydrogen-bond acceptors (Lipinski definition) is 4. The van der Waals surface area contributed by atoms with Crippen molar-refractivity contribution in [3.63, 3.8) is 0 Å². The Bertz CT molecular complexity index is 226. The van der Waals surface area contributed by atoms with E-state index in [0.717, 1.165) is 0 Å². The fourth-order valence-corrected chi connectivity index (χ4v) is 1.03. The van der Waals surface area contributed by atoms with Crippen LogP contribution in [-0.2, 0) is 14.9 Å². The minimum Gasteiger partial charge on any atom is -0.748 e. The SMILES string of the molecule is CNC(=O)CCCS(=O)(=O)[O-].[Na+]. The van der Waals surface area contributed by atoms with E-state index in [1.54, 1.807) is 0 Å². The van der Waals surface area contributed by atoms with Crippen molar-refractivity contribution in [3.8, 4) is 0 Å². The zero-order chi connectivity index (χ0) is 8.91. The van der Waals surface area contributed by atoms with Crippen LogP contribution in [0.4, 0.5) is 0 Å². The summed E-state index contributed by atoms with van der Waals surface area (Å²) in [6.45, 7) is 0. The molecular weight excluding hydrogens is 193 g/mol. The van der Waals surface area contributed by atoms with Crippen LogP contribution in [0, 0.1) is 0 Å². The van der Waals surface area contributed by atoms with Crippen LogP contribution in [0.3, 0.4) is 0 Å². The Morgan fingerprint density at radius 3 is 2.33 bits per heavy atom. The van der Waals surface area contributed by atoms with E-state index < -0.39 is 15.9 Å². The number of carbonyl (C=O) groups is 1. The maximum atomic E-state index is 10.5. The predicted molar refractivity (Wildman–Crippen MR) is 37.9 cm³/mol. The van der Waals surface area contributed by atoms with Crippen LogP contribution < -0.4 is 34.9 Å². The molecule has 0 aliphatic heterocycles. The Balaban J connectivity index is 0. The standard InChI is InChI=1S/C5H11NO4S.Na/c1-6-5(7)3-2-4-11(8,9)10;/h2-4H2,1H3,(H,6,7)(H,8,9,10);/q;+1/p-1. The van der Waals surface area contributed by atoms with E-state index >= 15 is 0 Å². The molecule has 12 heavy (non-hydrogen) atoms. The van der Waals surface area contributed by atoms with E-state index in [9.17, 15) is 17.8 Å². The third-order valence-electron chi connectivity index (χ3n) is 1.08. The molecule has 0 saturated heterocycles. The van der Waals surface area contributed by atoms with Gasteiger partial charge in [0.05, 0.1) is 10.1 Å². The van der Waals surface area contributed by atoms with E-state index in [1.807, 2.05) is 0 Å². The Kier molecular flexibility index (Phi) is 8.49. The Labute approximate surface area is 94.0 Å². The first-order valence-corrected chi connectivity index (χ1v) is 4.67. The van der Waals surface area contributed by atoms with Crippen LogP contribution in [0.25, 0.3) is 0 Å². The third-order valence-corrected chi connectivity index (χ3v) is 1.87. The van der Waals surface area contributed by atoms with E-state index in [-0.39, 0.29) is 48.3 Å². The summed E-state index contributed by atoms with van der Waals surface area (Å²) in [6, 6.07) is 0. The number of rotatable bonds is 4. The van der Waals surface area contributed by atoms with Crippen LogP contribution in [0.5, 0.6) is 0 Å². The van der Waals surface area contributed by atoms with Gasteiger partial charge in [-0.2, -0.15) is 0 Å². The zero-order valence-electron chi connectivity index (χ0n) is 7.16.